The van der Waals surface area contributed by atoms with Crippen LogP contribution in [0.1, 0.15) is 16.7 Å². The van der Waals surface area contributed by atoms with E-state index in [0.717, 1.165) is 49.6 Å². The van der Waals surface area contributed by atoms with Crippen LogP contribution in [0.4, 0.5) is 0 Å². The van der Waals surface area contributed by atoms with Crippen LogP contribution in [0, 0.1) is 34.0 Å². The van der Waals surface area contributed by atoms with Crippen LogP contribution in [-0.2, 0) is 0 Å². The average molecular weight is 855 g/mol. The van der Waals surface area contributed by atoms with Gasteiger partial charge in [0, 0.05) is 44.2 Å². The van der Waals surface area contributed by atoms with Gasteiger partial charge in [-0.15, -0.1) is 0 Å². The van der Waals surface area contributed by atoms with Gasteiger partial charge in [-0.2, -0.15) is 15.8 Å². The van der Waals surface area contributed by atoms with Crippen LogP contribution in [-0.4, -0.2) is 24.5 Å². The third-order valence-corrected chi connectivity index (χ3v) is 11.9. The van der Waals surface area contributed by atoms with Gasteiger partial charge in [-0.05, 0) is 59.7 Å². The molecule has 11 aromatic rings. The maximum absolute atomic E-state index is 10.9. The Morgan fingerprint density at radius 2 is 0.836 bits per heavy atom. The van der Waals surface area contributed by atoms with Gasteiger partial charge in [-0.3, -0.25) is 0 Å². The fourth-order valence-corrected chi connectivity index (χ4v) is 8.78. The molecule has 67 heavy (non-hydrogen) atoms. The minimum absolute atomic E-state index is 0.391. The predicted octanol–water partition coefficient (Wildman–Crippen LogP) is 13.6. The molecule has 11 rings (SSSR count). The standard InChI is InChI=1S/C59H34N8/c60-35-38-25-27-46(45(29-38)37-62)44-26-28-48-47-23-13-14-24-55(47)67(56(48)32-44)57-49(54-34-53(42-19-9-3-10-20-42)63-58(66-54)43-21-11-4-12-22-43)30-39(36-61)31-50(57)59-64-51(40-15-5-1-6-16-40)33-52(65-59)41-17-7-2-8-18-41/h1-34H. The number of aromatic nitrogens is 5. The molecular formula is C59H34N8. The number of para-hydroxylation sites is 1. The van der Waals surface area contributed by atoms with Crippen LogP contribution < -0.4 is 0 Å². The van der Waals surface area contributed by atoms with Crippen LogP contribution in [0.2, 0.25) is 0 Å². The average Bonchev–Trinajstić information content (AvgIpc) is 3.74. The van der Waals surface area contributed by atoms with Crippen LogP contribution >= 0.6 is 0 Å². The summed E-state index contributed by atoms with van der Waals surface area (Å²) < 4.78 is 2.21. The lowest BCUT2D eigenvalue weighted by atomic mass is 9.96. The second kappa shape index (κ2) is 17.1. The number of fused-ring (bicyclic) bond motifs is 3. The summed E-state index contributed by atoms with van der Waals surface area (Å²) in [7, 11) is 0. The van der Waals surface area contributed by atoms with Crippen molar-refractivity contribution in [1.82, 2.24) is 24.5 Å². The number of rotatable bonds is 8. The molecular weight excluding hydrogens is 821 g/mol. The van der Waals surface area contributed by atoms with Crippen LogP contribution in [0.25, 0.3) is 106 Å². The molecule has 0 aliphatic carbocycles. The van der Waals surface area contributed by atoms with Gasteiger partial charge in [0.15, 0.2) is 11.6 Å². The van der Waals surface area contributed by atoms with E-state index < -0.39 is 0 Å². The highest BCUT2D eigenvalue weighted by Crippen LogP contribution is 2.44. The molecule has 3 aromatic heterocycles. The van der Waals surface area contributed by atoms with Crippen molar-refractivity contribution >= 4 is 21.8 Å². The lowest BCUT2D eigenvalue weighted by Gasteiger charge is -2.20. The Kier molecular flexibility index (Phi) is 10.2. The van der Waals surface area contributed by atoms with Gasteiger partial charge in [-0.25, -0.2) is 19.9 Å². The van der Waals surface area contributed by atoms with Gasteiger partial charge in [0.1, 0.15) is 0 Å². The van der Waals surface area contributed by atoms with Crippen molar-refractivity contribution in [3.8, 4) is 103 Å². The molecule has 0 aliphatic heterocycles. The topological polar surface area (TPSA) is 128 Å². The third kappa shape index (κ3) is 7.41. The molecule has 0 aliphatic rings. The van der Waals surface area contributed by atoms with Gasteiger partial charge < -0.3 is 4.57 Å². The first kappa shape index (κ1) is 40.0. The van der Waals surface area contributed by atoms with Crippen molar-refractivity contribution in [2.45, 2.75) is 0 Å². The quantitative estimate of drug-likeness (QED) is 0.149. The van der Waals surface area contributed by atoms with Crippen molar-refractivity contribution in [3.63, 3.8) is 0 Å². The van der Waals surface area contributed by atoms with E-state index in [1.165, 1.54) is 0 Å². The van der Waals surface area contributed by atoms with E-state index in [1.807, 2.05) is 170 Å². The Hall–Kier alpha value is -9.81. The summed E-state index contributed by atoms with van der Waals surface area (Å²) >= 11 is 0. The molecule has 0 unspecified atom stereocenters. The maximum atomic E-state index is 10.9. The first-order valence-electron chi connectivity index (χ1n) is 21.6. The molecule has 0 saturated heterocycles. The monoisotopic (exact) mass is 854 g/mol. The van der Waals surface area contributed by atoms with Crippen molar-refractivity contribution in [3.05, 3.63) is 223 Å². The smallest absolute Gasteiger partial charge is 0.162 e. The summed E-state index contributed by atoms with van der Waals surface area (Å²) in [5.41, 5.74) is 12.7. The van der Waals surface area contributed by atoms with E-state index in [-0.39, 0.29) is 0 Å². The summed E-state index contributed by atoms with van der Waals surface area (Å²) in [6.07, 6.45) is 0. The molecule has 3 heterocycles. The predicted molar refractivity (Wildman–Crippen MR) is 264 cm³/mol. The molecule has 8 nitrogen and oxygen atoms in total. The number of benzene rings is 8. The molecule has 0 bridgehead atoms. The normalized spacial score (nSPS) is 10.9. The van der Waals surface area contributed by atoms with Crippen LogP contribution in [0.3, 0.4) is 0 Å². The Morgan fingerprint density at radius 3 is 1.43 bits per heavy atom. The molecule has 0 spiro atoms. The van der Waals surface area contributed by atoms with Crippen LogP contribution in [0.5, 0.6) is 0 Å². The molecule has 8 aromatic carbocycles. The molecule has 0 fully saturated rings. The number of nitrogens with zero attached hydrogens (tertiary/aromatic N) is 8. The van der Waals surface area contributed by atoms with Crippen molar-refractivity contribution in [1.29, 1.82) is 15.8 Å². The lowest BCUT2D eigenvalue weighted by Crippen LogP contribution is -2.06. The second-order valence-electron chi connectivity index (χ2n) is 16.0. The first-order valence-corrected chi connectivity index (χ1v) is 21.6. The van der Waals surface area contributed by atoms with Gasteiger partial charge in [-0.1, -0.05) is 158 Å². The molecule has 0 saturated carbocycles. The zero-order valence-corrected chi connectivity index (χ0v) is 35.7. The van der Waals surface area contributed by atoms with E-state index in [2.05, 4.69) is 47.0 Å². The van der Waals surface area contributed by atoms with Crippen LogP contribution in [0.15, 0.2) is 206 Å². The number of nitriles is 3. The fraction of sp³-hybridized carbons (Fsp3) is 0. The Bertz CT molecular complexity index is 3560. The first-order chi connectivity index (χ1) is 33.1. The molecule has 0 radical (unpaired) electrons. The van der Waals surface area contributed by atoms with E-state index in [0.29, 0.717) is 73.5 Å². The Labute approximate surface area is 386 Å². The number of hydrogen-bond acceptors (Lipinski definition) is 7. The number of hydrogen-bond donors (Lipinski definition) is 0. The van der Waals surface area contributed by atoms with Gasteiger partial charge >= 0.3 is 0 Å². The zero-order chi connectivity index (χ0) is 45.3. The fourth-order valence-electron chi connectivity index (χ4n) is 8.78. The van der Waals surface area contributed by atoms with E-state index in [9.17, 15) is 15.8 Å². The van der Waals surface area contributed by atoms with Gasteiger partial charge in [0.25, 0.3) is 0 Å². The summed E-state index contributed by atoms with van der Waals surface area (Å²) in [5, 5.41) is 33.0. The van der Waals surface area contributed by atoms with E-state index in [4.69, 9.17) is 19.9 Å². The second-order valence-corrected chi connectivity index (χ2v) is 16.0. The van der Waals surface area contributed by atoms with Crippen molar-refractivity contribution < 1.29 is 0 Å². The molecule has 310 valence electrons. The highest BCUT2D eigenvalue weighted by atomic mass is 15.0. The highest BCUT2D eigenvalue weighted by Gasteiger charge is 2.26. The lowest BCUT2D eigenvalue weighted by molar-refractivity contribution is 1.13. The zero-order valence-electron chi connectivity index (χ0n) is 35.7. The summed E-state index contributed by atoms with van der Waals surface area (Å²) in [5.74, 6) is 0.935. The van der Waals surface area contributed by atoms with Gasteiger partial charge in [0.2, 0.25) is 0 Å². The summed E-state index contributed by atoms with van der Waals surface area (Å²) in [4.78, 5) is 21.2. The Balaban J connectivity index is 1.30. The summed E-state index contributed by atoms with van der Waals surface area (Å²) in [6, 6.07) is 74.2. The molecule has 0 amide bonds. The molecule has 0 N–H and O–H groups in total. The minimum atomic E-state index is 0.391. The molecule has 0 atom stereocenters. The van der Waals surface area contributed by atoms with E-state index in [1.54, 1.807) is 12.1 Å². The van der Waals surface area contributed by atoms with Gasteiger partial charge in [0.05, 0.1) is 74.4 Å². The van der Waals surface area contributed by atoms with Crippen molar-refractivity contribution in [2.24, 2.45) is 0 Å². The summed E-state index contributed by atoms with van der Waals surface area (Å²) in [6.45, 7) is 0. The Morgan fingerprint density at radius 1 is 0.328 bits per heavy atom. The minimum Gasteiger partial charge on any atom is -0.308 e. The van der Waals surface area contributed by atoms with E-state index >= 15 is 0 Å². The maximum Gasteiger partial charge on any atom is 0.162 e. The largest absolute Gasteiger partial charge is 0.308 e. The van der Waals surface area contributed by atoms with Crippen molar-refractivity contribution in [2.75, 3.05) is 0 Å². The SMILES string of the molecule is N#Cc1ccc(-c2ccc3c4ccccc4n(-c4c(-c5cc(-c6ccccc6)nc(-c6ccccc6)n5)cc(C#N)cc4-c4nc(-c5ccccc5)cc(-c5ccccc5)n4)c3c2)c(C#N)c1. The highest BCUT2D eigenvalue weighted by molar-refractivity contribution is 6.11. The molecule has 8 heteroatoms. The third-order valence-electron chi connectivity index (χ3n) is 11.9.